The normalized spacial score (nSPS) is 24.5. The van der Waals surface area contributed by atoms with Crippen LogP contribution in [0.15, 0.2) is 30.3 Å². The molecular formula is C32H56O10Si. The van der Waals surface area contributed by atoms with E-state index < -0.39 is 49.9 Å². The zero-order valence-electron chi connectivity index (χ0n) is 28.0. The molecule has 1 aliphatic rings. The van der Waals surface area contributed by atoms with Crippen LogP contribution in [0.25, 0.3) is 0 Å². The summed E-state index contributed by atoms with van der Waals surface area (Å²) in [5.74, 6) is -1.79. The van der Waals surface area contributed by atoms with Gasteiger partial charge in [0.05, 0.1) is 38.6 Å². The number of carbonyl (C=O) groups is 1. The van der Waals surface area contributed by atoms with Crippen LogP contribution in [0.4, 0.5) is 0 Å². The first kappa shape index (κ1) is 37.8. The Balaban J connectivity index is 2.50. The van der Waals surface area contributed by atoms with Crippen molar-refractivity contribution in [2.45, 2.75) is 109 Å². The molecule has 0 aliphatic carbocycles. The molecule has 1 heterocycles. The Kier molecular flexibility index (Phi) is 15.7. The standard InChI is InChI=1S/C32H56O10Si/c1-11-43(12-2,13-3)42-29-27(36-8)20-25(19-26(35-7)28(30(33)37-9)40-23-34-6)41-32(29,38-10)31(4,5)22-39-21-24-17-15-14-16-18-24/h14-18,25-29H,11-13,19-23H2,1-10H3/t25-,26+,27+,28-,29+,32-/m1/s1. The van der Waals surface area contributed by atoms with Crippen molar-refractivity contribution in [2.75, 3.05) is 48.9 Å². The van der Waals surface area contributed by atoms with E-state index in [2.05, 4.69) is 34.6 Å². The van der Waals surface area contributed by atoms with E-state index in [1.807, 2.05) is 30.3 Å². The van der Waals surface area contributed by atoms with Gasteiger partial charge in [-0.15, -0.1) is 0 Å². The molecule has 10 nitrogen and oxygen atoms in total. The Morgan fingerprint density at radius 3 is 2.21 bits per heavy atom. The lowest BCUT2D eigenvalue weighted by atomic mass is 9.75. The number of esters is 1. The summed E-state index contributed by atoms with van der Waals surface area (Å²) in [5, 5.41) is 0. The summed E-state index contributed by atoms with van der Waals surface area (Å²) >= 11 is 0. The highest BCUT2D eigenvalue weighted by molar-refractivity contribution is 6.73. The van der Waals surface area contributed by atoms with Gasteiger partial charge in [-0.25, -0.2) is 4.79 Å². The van der Waals surface area contributed by atoms with Gasteiger partial charge in [0.1, 0.15) is 12.9 Å². The molecule has 6 atom stereocenters. The van der Waals surface area contributed by atoms with Crippen molar-refractivity contribution in [2.24, 2.45) is 5.41 Å². The quantitative estimate of drug-likeness (QED) is 0.107. The SMILES string of the molecule is CC[Si](CC)(CC)O[C@H]1[C@@H](OC)C[C@@H](C[C@H](OC)[C@@H](OCOC)C(=O)OC)O[C@@]1(OC)C(C)(C)COCc1ccccc1. The van der Waals surface area contributed by atoms with Crippen molar-refractivity contribution >= 4 is 14.3 Å². The van der Waals surface area contributed by atoms with Gasteiger partial charge in [0, 0.05) is 46.7 Å². The maximum Gasteiger partial charge on any atom is 0.337 e. The van der Waals surface area contributed by atoms with Crippen LogP contribution in [0, 0.1) is 5.41 Å². The molecule has 1 fully saturated rings. The van der Waals surface area contributed by atoms with Crippen molar-refractivity contribution in [1.82, 2.24) is 0 Å². The Labute approximate surface area is 260 Å². The summed E-state index contributed by atoms with van der Waals surface area (Å²) in [6, 6.07) is 12.9. The molecule has 1 aromatic carbocycles. The summed E-state index contributed by atoms with van der Waals surface area (Å²) < 4.78 is 54.6. The molecule has 0 spiro atoms. The molecular weight excluding hydrogens is 572 g/mol. The van der Waals surface area contributed by atoms with Crippen LogP contribution in [0.1, 0.15) is 53.0 Å². The third kappa shape index (κ3) is 9.31. The summed E-state index contributed by atoms with van der Waals surface area (Å²) in [6.07, 6.45) is -2.15. The molecule has 248 valence electrons. The van der Waals surface area contributed by atoms with E-state index in [0.29, 0.717) is 26.1 Å². The molecule has 1 saturated heterocycles. The van der Waals surface area contributed by atoms with Crippen molar-refractivity contribution in [3.05, 3.63) is 35.9 Å². The highest BCUT2D eigenvalue weighted by Gasteiger charge is 2.62. The fourth-order valence-corrected chi connectivity index (χ4v) is 8.89. The molecule has 1 aliphatic heterocycles. The second-order valence-corrected chi connectivity index (χ2v) is 16.5. The van der Waals surface area contributed by atoms with Gasteiger partial charge in [-0.1, -0.05) is 65.0 Å². The molecule has 2 rings (SSSR count). The summed E-state index contributed by atoms with van der Waals surface area (Å²) in [7, 11) is 5.55. The van der Waals surface area contributed by atoms with E-state index in [1.165, 1.54) is 21.3 Å². The Hall–Kier alpha value is -1.41. The average molecular weight is 629 g/mol. The van der Waals surface area contributed by atoms with E-state index in [4.69, 9.17) is 42.3 Å². The Morgan fingerprint density at radius 1 is 1.05 bits per heavy atom. The number of ether oxygens (including phenoxy) is 8. The Bertz CT molecular complexity index is 920. The molecule has 43 heavy (non-hydrogen) atoms. The predicted molar refractivity (Wildman–Crippen MR) is 166 cm³/mol. The van der Waals surface area contributed by atoms with E-state index in [-0.39, 0.29) is 12.9 Å². The number of benzene rings is 1. The van der Waals surface area contributed by atoms with Crippen LogP contribution in [0.3, 0.4) is 0 Å². The molecule has 11 heteroatoms. The molecule has 0 saturated carbocycles. The first-order chi connectivity index (χ1) is 20.6. The van der Waals surface area contributed by atoms with Gasteiger partial charge in [-0.3, -0.25) is 0 Å². The van der Waals surface area contributed by atoms with Crippen LogP contribution >= 0.6 is 0 Å². The number of hydrogen-bond donors (Lipinski definition) is 0. The zero-order chi connectivity index (χ0) is 32.1. The topological polar surface area (TPSA) is 100 Å². The van der Waals surface area contributed by atoms with Gasteiger partial charge in [-0.05, 0) is 23.7 Å². The summed E-state index contributed by atoms with van der Waals surface area (Å²) in [4.78, 5) is 12.7. The van der Waals surface area contributed by atoms with E-state index in [9.17, 15) is 4.79 Å². The van der Waals surface area contributed by atoms with Gasteiger partial charge >= 0.3 is 5.97 Å². The summed E-state index contributed by atoms with van der Waals surface area (Å²) in [6.45, 7) is 11.5. The lowest BCUT2D eigenvalue weighted by Crippen LogP contribution is -2.70. The van der Waals surface area contributed by atoms with Crippen LogP contribution in [0.2, 0.25) is 18.1 Å². The van der Waals surface area contributed by atoms with Crippen LogP contribution < -0.4 is 0 Å². The van der Waals surface area contributed by atoms with Crippen molar-refractivity contribution in [3.8, 4) is 0 Å². The third-order valence-electron chi connectivity index (χ3n) is 8.92. The lowest BCUT2D eigenvalue weighted by Gasteiger charge is -2.57. The average Bonchev–Trinajstić information content (AvgIpc) is 3.03. The molecule has 0 bridgehead atoms. The number of carbonyl (C=O) groups excluding carboxylic acids is 1. The Morgan fingerprint density at radius 2 is 1.70 bits per heavy atom. The van der Waals surface area contributed by atoms with Gasteiger partial charge in [0.15, 0.2) is 14.4 Å². The van der Waals surface area contributed by atoms with Crippen molar-refractivity contribution in [3.63, 3.8) is 0 Å². The molecule has 0 radical (unpaired) electrons. The third-order valence-corrected chi connectivity index (χ3v) is 13.5. The monoisotopic (exact) mass is 628 g/mol. The first-order valence-electron chi connectivity index (χ1n) is 15.3. The first-order valence-corrected chi connectivity index (χ1v) is 17.9. The molecule has 0 unspecified atom stereocenters. The fourth-order valence-electron chi connectivity index (χ4n) is 6.05. The molecule has 0 N–H and O–H groups in total. The minimum Gasteiger partial charge on any atom is -0.467 e. The summed E-state index contributed by atoms with van der Waals surface area (Å²) in [5.41, 5.74) is 0.403. The predicted octanol–water partition coefficient (Wildman–Crippen LogP) is 5.33. The fraction of sp³-hybridized carbons (Fsp3) is 0.781. The maximum absolute atomic E-state index is 12.7. The van der Waals surface area contributed by atoms with E-state index in [0.717, 1.165) is 23.7 Å². The highest BCUT2D eigenvalue weighted by atomic mass is 28.4. The minimum absolute atomic E-state index is 0.0900. The maximum atomic E-state index is 12.7. The van der Waals surface area contributed by atoms with Crippen LogP contribution in [-0.2, 0) is 53.7 Å². The largest absolute Gasteiger partial charge is 0.467 e. The van der Waals surface area contributed by atoms with Crippen molar-refractivity contribution < 1.29 is 47.1 Å². The second kappa shape index (κ2) is 17.9. The van der Waals surface area contributed by atoms with Gasteiger partial charge in [0.2, 0.25) is 5.79 Å². The molecule has 0 aromatic heterocycles. The minimum atomic E-state index is -2.14. The van der Waals surface area contributed by atoms with Crippen LogP contribution in [-0.4, -0.2) is 99.5 Å². The van der Waals surface area contributed by atoms with E-state index >= 15 is 0 Å². The molecule has 1 aromatic rings. The van der Waals surface area contributed by atoms with E-state index in [1.54, 1.807) is 14.2 Å². The van der Waals surface area contributed by atoms with Crippen LogP contribution in [0.5, 0.6) is 0 Å². The molecule has 0 amide bonds. The smallest absolute Gasteiger partial charge is 0.337 e. The van der Waals surface area contributed by atoms with Crippen molar-refractivity contribution in [1.29, 1.82) is 0 Å². The lowest BCUT2D eigenvalue weighted by molar-refractivity contribution is -0.378. The van der Waals surface area contributed by atoms with Gasteiger partial charge < -0.3 is 42.3 Å². The van der Waals surface area contributed by atoms with Gasteiger partial charge in [0.25, 0.3) is 0 Å². The number of hydrogen-bond acceptors (Lipinski definition) is 10. The second-order valence-electron chi connectivity index (χ2n) is 11.8. The van der Waals surface area contributed by atoms with Gasteiger partial charge in [-0.2, -0.15) is 0 Å². The zero-order valence-corrected chi connectivity index (χ0v) is 29.0. The number of methoxy groups -OCH3 is 5. The highest BCUT2D eigenvalue weighted by Crippen LogP contribution is 2.48. The number of rotatable bonds is 20.